The minimum absolute atomic E-state index is 0.341. The van der Waals surface area contributed by atoms with Gasteiger partial charge in [-0.3, -0.25) is 4.90 Å². The Morgan fingerprint density at radius 2 is 1.86 bits per heavy atom. The second kappa shape index (κ2) is 10.7. The molecule has 0 aliphatic carbocycles. The quantitative estimate of drug-likeness (QED) is 0.312. The van der Waals surface area contributed by atoms with Crippen LogP contribution in [0.5, 0.6) is 0 Å². The van der Waals surface area contributed by atoms with Crippen molar-refractivity contribution in [1.29, 1.82) is 0 Å². The van der Waals surface area contributed by atoms with Crippen LogP contribution in [-0.2, 0) is 16.0 Å². The summed E-state index contributed by atoms with van der Waals surface area (Å²) in [6.45, 7) is 12.8. The first-order valence-electron chi connectivity index (χ1n) is 10.9. The molecular formula is C23H30BrN3O5S3. The maximum atomic E-state index is 13.2. The fourth-order valence-corrected chi connectivity index (χ4v) is 6.98. The number of aliphatic hydroxyl groups is 1. The molecular weight excluding hydrogens is 574 g/mol. The van der Waals surface area contributed by atoms with E-state index in [2.05, 4.69) is 25.6 Å². The number of nitrogens with one attached hydrogen (secondary N) is 1. The predicted molar refractivity (Wildman–Crippen MR) is 146 cm³/mol. The summed E-state index contributed by atoms with van der Waals surface area (Å²) in [4.78, 5) is 28.5. The van der Waals surface area contributed by atoms with Crippen LogP contribution in [0.3, 0.4) is 0 Å². The summed E-state index contributed by atoms with van der Waals surface area (Å²) in [6.07, 6.45) is -2.09. The second-order valence-corrected chi connectivity index (χ2v) is 13.6. The van der Waals surface area contributed by atoms with Gasteiger partial charge in [0.25, 0.3) is 0 Å². The average molecular weight is 605 g/mol. The lowest BCUT2D eigenvalue weighted by Gasteiger charge is -2.26. The number of amides is 2. The fraction of sp³-hybridized carbons (Fsp3) is 0.522. The SMILES string of the molecule is C[C@H](NC(=O)OC(C)(C)C)C(O)c1sc2c(N(Cc3cccs3)C(=O)OC(C)(C)C)snc2c1Br. The molecule has 0 aromatic carbocycles. The van der Waals surface area contributed by atoms with E-state index in [1.165, 1.54) is 22.9 Å². The normalized spacial score (nSPS) is 14.0. The monoisotopic (exact) mass is 603 g/mol. The molecule has 1 unspecified atom stereocenters. The van der Waals surface area contributed by atoms with Crippen LogP contribution in [0.15, 0.2) is 22.0 Å². The van der Waals surface area contributed by atoms with Gasteiger partial charge < -0.3 is 19.9 Å². The van der Waals surface area contributed by atoms with Crippen LogP contribution in [0.1, 0.15) is 64.3 Å². The van der Waals surface area contributed by atoms with Crippen molar-refractivity contribution in [2.24, 2.45) is 0 Å². The van der Waals surface area contributed by atoms with E-state index >= 15 is 0 Å². The van der Waals surface area contributed by atoms with Gasteiger partial charge in [0.1, 0.15) is 27.8 Å². The zero-order valence-corrected chi connectivity index (χ0v) is 24.7. The molecule has 0 radical (unpaired) electrons. The molecule has 3 rings (SSSR count). The van der Waals surface area contributed by atoms with Gasteiger partial charge in [-0.15, -0.1) is 22.7 Å². The first-order chi connectivity index (χ1) is 16.2. The van der Waals surface area contributed by atoms with E-state index in [0.29, 0.717) is 26.4 Å². The molecule has 2 atom stereocenters. The summed E-state index contributed by atoms with van der Waals surface area (Å²) in [5.41, 5.74) is -0.657. The molecule has 0 aliphatic heterocycles. The Balaban J connectivity index is 1.92. The number of hydrogen-bond acceptors (Lipinski definition) is 9. The number of fused-ring (bicyclic) bond motifs is 1. The van der Waals surface area contributed by atoms with Gasteiger partial charge in [-0.2, -0.15) is 4.37 Å². The largest absolute Gasteiger partial charge is 0.444 e. The average Bonchev–Trinajstić information content (AvgIpc) is 3.41. The van der Waals surface area contributed by atoms with Gasteiger partial charge in [0.05, 0.1) is 26.6 Å². The molecule has 3 heterocycles. The van der Waals surface area contributed by atoms with Crippen molar-refractivity contribution in [2.45, 2.75) is 78.4 Å². The minimum Gasteiger partial charge on any atom is -0.444 e. The molecule has 192 valence electrons. The van der Waals surface area contributed by atoms with Gasteiger partial charge in [-0.1, -0.05) is 6.07 Å². The Morgan fingerprint density at radius 1 is 1.20 bits per heavy atom. The summed E-state index contributed by atoms with van der Waals surface area (Å²) in [5.74, 6) is 0. The topological polar surface area (TPSA) is 101 Å². The van der Waals surface area contributed by atoms with Crippen LogP contribution in [0, 0.1) is 0 Å². The third kappa shape index (κ3) is 7.16. The van der Waals surface area contributed by atoms with Crippen molar-refractivity contribution < 1.29 is 24.2 Å². The maximum Gasteiger partial charge on any atom is 0.415 e. The van der Waals surface area contributed by atoms with Crippen LogP contribution >= 0.6 is 50.1 Å². The van der Waals surface area contributed by atoms with Crippen LogP contribution < -0.4 is 10.2 Å². The first-order valence-corrected chi connectivity index (χ1v) is 14.2. The van der Waals surface area contributed by atoms with Crippen LogP contribution in [-0.4, -0.2) is 38.9 Å². The molecule has 12 heteroatoms. The number of hydrogen-bond donors (Lipinski definition) is 2. The van der Waals surface area contributed by atoms with E-state index in [0.717, 1.165) is 9.58 Å². The summed E-state index contributed by atoms with van der Waals surface area (Å²) in [6, 6.07) is 3.28. The number of anilines is 1. The van der Waals surface area contributed by atoms with Crippen molar-refractivity contribution in [3.63, 3.8) is 0 Å². The highest BCUT2D eigenvalue weighted by Crippen LogP contribution is 2.46. The molecule has 0 bridgehead atoms. The smallest absolute Gasteiger partial charge is 0.415 e. The number of thiophene rings is 2. The lowest BCUT2D eigenvalue weighted by atomic mass is 10.1. The van der Waals surface area contributed by atoms with E-state index in [1.54, 1.807) is 43.9 Å². The third-order valence-corrected chi connectivity index (χ3v) is 8.69. The summed E-state index contributed by atoms with van der Waals surface area (Å²) in [7, 11) is 0. The summed E-state index contributed by atoms with van der Waals surface area (Å²) >= 11 is 7.64. The number of carbonyl (C=O) groups is 2. The van der Waals surface area contributed by atoms with Crippen LogP contribution in [0.4, 0.5) is 14.6 Å². The minimum atomic E-state index is -1.01. The number of rotatable bonds is 6. The molecule has 3 aromatic heterocycles. The number of alkyl carbamates (subject to hydrolysis) is 1. The number of aliphatic hydroxyl groups excluding tert-OH is 1. The first kappa shape index (κ1) is 27.9. The van der Waals surface area contributed by atoms with Gasteiger partial charge in [-0.05, 0) is 87.4 Å². The fourth-order valence-electron chi connectivity index (χ4n) is 3.03. The molecule has 35 heavy (non-hydrogen) atoms. The summed E-state index contributed by atoms with van der Waals surface area (Å²) in [5, 5.41) is 16.3. The van der Waals surface area contributed by atoms with Gasteiger partial charge in [0.2, 0.25) is 0 Å². The van der Waals surface area contributed by atoms with E-state index in [4.69, 9.17) is 9.47 Å². The molecule has 3 aromatic rings. The number of ether oxygens (including phenoxy) is 2. The number of carbonyl (C=O) groups excluding carboxylic acids is 2. The lowest BCUT2D eigenvalue weighted by molar-refractivity contribution is 0.0437. The van der Waals surface area contributed by atoms with Gasteiger partial charge in [0, 0.05) is 4.88 Å². The van der Waals surface area contributed by atoms with Crippen molar-refractivity contribution in [1.82, 2.24) is 9.69 Å². The zero-order chi connectivity index (χ0) is 26.1. The Morgan fingerprint density at radius 3 is 2.43 bits per heavy atom. The molecule has 2 N–H and O–H groups in total. The Labute approximate surface area is 225 Å². The maximum absolute atomic E-state index is 13.2. The highest BCUT2D eigenvalue weighted by molar-refractivity contribution is 9.10. The van der Waals surface area contributed by atoms with Gasteiger partial charge in [0.15, 0.2) is 0 Å². The molecule has 0 saturated carbocycles. The Bertz CT molecular complexity index is 1180. The zero-order valence-electron chi connectivity index (χ0n) is 20.7. The van der Waals surface area contributed by atoms with Crippen molar-refractivity contribution in [2.75, 3.05) is 4.90 Å². The molecule has 0 saturated heterocycles. The summed E-state index contributed by atoms with van der Waals surface area (Å²) < 4.78 is 16.9. The molecule has 0 spiro atoms. The van der Waals surface area contributed by atoms with Crippen molar-refractivity contribution in [3.8, 4) is 0 Å². The van der Waals surface area contributed by atoms with Gasteiger partial charge >= 0.3 is 12.2 Å². The lowest BCUT2D eigenvalue weighted by Crippen LogP contribution is -2.40. The van der Waals surface area contributed by atoms with Gasteiger partial charge in [-0.25, -0.2) is 9.59 Å². The van der Waals surface area contributed by atoms with E-state index in [9.17, 15) is 14.7 Å². The number of nitrogens with zero attached hydrogens (tertiary/aromatic N) is 2. The standard InChI is InChI=1S/C23H30BrN3O5S3/c1-12(25-20(29)31-22(2,3)4)16(28)17-14(24)15-18(34-17)19(35-26-15)27(11-13-9-8-10-33-13)21(30)32-23(5,6)7/h8-10,12,16,28H,11H2,1-7H3,(H,25,29)/t12-,16?/m0/s1. The van der Waals surface area contributed by atoms with Crippen LogP contribution in [0.25, 0.3) is 10.2 Å². The number of halogens is 1. The van der Waals surface area contributed by atoms with Crippen LogP contribution in [0.2, 0.25) is 0 Å². The number of aromatic nitrogens is 1. The van der Waals surface area contributed by atoms with Crippen molar-refractivity contribution in [3.05, 3.63) is 31.7 Å². The molecule has 0 fully saturated rings. The molecule has 8 nitrogen and oxygen atoms in total. The highest BCUT2D eigenvalue weighted by atomic mass is 79.9. The second-order valence-electron chi connectivity index (χ2n) is 9.97. The predicted octanol–water partition coefficient (Wildman–Crippen LogP) is 7.07. The highest BCUT2D eigenvalue weighted by Gasteiger charge is 2.31. The van der Waals surface area contributed by atoms with Crippen molar-refractivity contribution >= 4 is 77.5 Å². The van der Waals surface area contributed by atoms with E-state index in [1.807, 2.05) is 38.3 Å². The van der Waals surface area contributed by atoms with E-state index in [-0.39, 0.29) is 0 Å². The third-order valence-electron chi connectivity index (χ3n) is 4.51. The Kier molecular flexibility index (Phi) is 8.53. The molecule has 0 aliphatic rings. The van der Waals surface area contributed by atoms with E-state index < -0.39 is 35.5 Å². The Hall–Kier alpha value is -1.73. The molecule has 2 amide bonds.